The molecule has 56 valence electrons. The van der Waals surface area contributed by atoms with Gasteiger partial charge in [0.25, 0.3) is 0 Å². The summed E-state index contributed by atoms with van der Waals surface area (Å²) in [5.74, 6) is 2.06. The Bertz CT molecular complexity index is 167. The van der Waals surface area contributed by atoms with E-state index in [0.29, 0.717) is 6.04 Å². The molecule has 2 nitrogen and oxygen atoms in total. The molecule has 3 fully saturated rings. The van der Waals surface area contributed by atoms with Crippen LogP contribution < -0.4 is 5.73 Å². The zero-order chi connectivity index (χ0) is 6.72. The summed E-state index contributed by atoms with van der Waals surface area (Å²) in [7, 11) is 0. The van der Waals surface area contributed by atoms with Gasteiger partial charge in [0.15, 0.2) is 0 Å². The lowest BCUT2D eigenvalue weighted by Crippen LogP contribution is -2.37. The van der Waals surface area contributed by atoms with Crippen LogP contribution >= 0.6 is 0 Å². The zero-order valence-corrected chi connectivity index (χ0v) is 6.16. The van der Waals surface area contributed by atoms with Crippen molar-refractivity contribution in [2.45, 2.75) is 24.9 Å². The Labute approximate surface area is 61.4 Å². The maximum absolute atomic E-state index is 6.00. The molecule has 1 aliphatic carbocycles. The van der Waals surface area contributed by atoms with E-state index in [0.717, 1.165) is 17.9 Å². The molecular weight excluding hydrogens is 124 g/mol. The number of nitrogens with two attached hydrogens (primary N) is 1. The third kappa shape index (κ3) is 0.523. The summed E-state index contributed by atoms with van der Waals surface area (Å²) in [4.78, 5) is 2.60. The minimum Gasteiger partial charge on any atom is -0.326 e. The molecule has 4 atom stereocenters. The van der Waals surface area contributed by atoms with Crippen LogP contribution in [-0.2, 0) is 0 Å². The number of rotatable bonds is 0. The quantitative estimate of drug-likeness (QED) is 0.512. The van der Waals surface area contributed by atoms with Crippen LogP contribution in [0.3, 0.4) is 0 Å². The van der Waals surface area contributed by atoms with Gasteiger partial charge in [0, 0.05) is 25.2 Å². The van der Waals surface area contributed by atoms with E-state index in [4.69, 9.17) is 5.73 Å². The molecule has 2 aliphatic heterocycles. The lowest BCUT2D eigenvalue weighted by Gasteiger charge is -2.20. The second kappa shape index (κ2) is 1.56. The Morgan fingerprint density at radius 1 is 1.40 bits per heavy atom. The highest BCUT2D eigenvalue weighted by atomic mass is 15.3. The zero-order valence-electron chi connectivity index (χ0n) is 6.16. The van der Waals surface area contributed by atoms with E-state index >= 15 is 0 Å². The van der Waals surface area contributed by atoms with Crippen LogP contribution in [0.25, 0.3) is 0 Å². The highest BCUT2D eigenvalue weighted by molar-refractivity contribution is 5.10. The van der Waals surface area contributed by atoms with E-state index in [9.17, 15) is 0 Å². The molecule has 0 aromatic carbocycles. The summed E-state index contributed by atoms with van der Waals surface area (Å²) >= 11 is 0. The van der Waals surface area contributed by atoms with Crippen LogP contribution in [0.5, 0.6) is 0 Å². The lowest BCUT2D eigenvalue weighted by atomic mass is 10.1. The van der Waals surface area contributed by atoms with Gasteiger partial charge in [-0.3, -0.25) is 4.90 Å². The molecule has 0 bridgehead atoms. The Morgan fingerprint density at radius 3 is 3.10 bits per heavy atom. The molecule has 0 aromatic rings. The molecule has 1 saturated carbocycles. The summed E-state index contributed by atoms with van der Waals surface area (Å²) in [6.45, 7) is 2.64. The standard InChI is InChI=1S/C8H14N2/c9-7-1-2-10-4-5-3-6(5)8(7)10/h5-8H,1-4,9H2. The largest absolute Gasteiger partial charge is 0.326 e. The topological polar surface area (TPSA) is 29.3 Å². The third-order valence-electron chi connectivity index (χ3n) is 3.49. The lowest BCUT2D eigenvalue weighted by molar-refractivity contribution is 0.273. The Morgan fingerprint density at radius 2 is 2.30 bits per heavy atom. The van der Waals surface area contributed by atoms with Gasteiger partial charge in [-0.25, -0.2) is 0 Å². The average molecular weight is 138 g/mol. The molecule has 3 rings (SSSR count). The van der Waals surface area contributed by atoms with Crippen molar-refractivity contribution in [1.29, 1.82) is 0 Å². The molecule has 0 spiro atoms. The first kappa shape index (κ1) is 5.56. The highest BCUT2D eigenvalue weighted by Gasteiger charge is 2.56. The van der Waals surface area contributed by atoms with Gasteiger partial charge < -0.3 is 5.73 Å². The molecule has 10 heavy (non-hydrogen) atoms. The van der Waals surface area contributed by atoms with E-state index < -0.39 is 0 Å². The first-order chi connectivity index (χ1) is 4.86. The van der Waals surface area contributed by atoms with Crippen LogP contribution in [-0.4, -0.2) is 30.1 Å². The minimum atomic E-state index is 0.512. The van der Waals surface area contributed by atoms with Crippen molar-refractivity contribution in [1.82, 2.24) is 4.90 Å². The number of hydrogen-bond acceptors (Lipinski definition) is 2. The minimum absolute atomic E-state index is 0.512. The van der Waals surface area contributed by atoms with E-state index in [2.05, 4.69) is 4.90 Å². The molecule has 2 heterocycles. The third-order valence-corrected chi connectivity index (χ3v) is 3.49. The van der Waals surface area contributed by atoms with Crippen molar-refractivity contribution in [3.63, 3.8) is 0 Å². The van der Waals surface area contributed by atoms with Gasteiger partial charge in [-0.05, 0) is 24.7 Å². The molecule has 2 heteroatoms. The van der Waals surface area contributed by atoms with Crippen LogP contribution in [0.2, 0.25) is 0 Å². The second-order valence-corrected chi connectivity index (χ2v) is 4.10. The fourth-order valence-corrected chi connectivity index (χ4v) is 2.91. The number of nitrogens with zero attached hydrogens (tertiary/aromatic N) is 1. The molecule has 4 unspecified atom stereocenters. The summed E-state index contributed by atoms with van der Waals surface area (Å²) in [6.07, 6.45) is 2.72. The van der Waals surface area contributed by atoms with Crippen molar-refractivity contribution < 1.29 is 0 Å². The predicted octanol–water partition coefficient (Wildman–Crippen LogP) is 0.0377. The molecule has 2 N–H and O–H groups in total. The van der Waals surface area contributed by atoms with Gasteiger partial charge in [-0.1, -0.05) is 0 Å². The molecule has 0 radical (unpaired) electrons. The SMILES string of the molecule is NC1CCN2CC3CC3C12. The van der Waals surface area contributed by atoms with E-state index in [-0.39, 0.29) is 0 Å². The summed E-state index contributed by atoms with van der Waals surface area (Å²) in [5.41, 5.74) is 6.00. The Kier molecular flexibility index (Phi) is 0.868. The maximum atomic E-state index is 6.00. The second-order valence-electron chi connectivity index (χ2n) is 4.10. The smallest absolute Gasteiger partial charge is 0.0279 e. The van der Waals surface area contributed by atoms with Gasteiger partial charge in [0.05, 0.1) is 0 Å². The van der Waals surface area contributed by atoms with E-state index in [1.54, 1.807) is 0 Å². The van der Waals surface area contributed by atoms with Crippen LogP contribution in [0.15, 0.2) is 0 Å². The number of hydrogen-bond donors (Lipinski definition) is 1. The van der Waals surface area contributed by atoms with Gasteiger partial charge in [0.1, 0.15) is 0 Å². The first-order valence-electron chi connectivity index (χ1n) is 4.36. The molecular formula is C8H14N2. The van der Waals surface area contributed by atoms with Crippen molar-refractivity contribution in [3.8, 4) is 0 Å². The van der Waals surface area contributed by atoms with Crippen LogP contribution in [0.1, 0.15) is 12.8 Å². The van der Waals surface area contributed by atoms with Crippen molar-refractivity contribution in [2.24, 2.45) is 17.6 Å². The average Bonchev–Trinajstić information content (AvgIpc) is 2.40. The normalized spacial score (nSPS) is 58.5. The van der Waals surface area contributed by atoms with E-state index in [1.165, 1.54) is 25.9 Å². The monoisotopic (exact) mass is 138 g/mol. The Balaban J connectivity index is 1.88. The predicted molar refractivity (Wildman–Crippen MR) is 39.6 cm³/mol. The van der Waals surface area contributed by atoms with Gasteiger partial charge >= 0.3 is 0 Å². The molecule has 0 aromatic heterocycles. The summed E-state index contributed by atoms with van der Waals surface area (Å²) in [5, 5.41) is 0. The fraction of sp³-hybridized carbons (Fsp3) is 1.00. The summed E-state index contributed by atoms with van der Waals surface area (Å²) in [6, 6.07) is 1.31. The molecule has 3 aliphatic rings. The van der Waals surface area contributed by atoms with Crippen LogP contribution in [0.4, 0.5) is 0 Å². The number of piperidine rings is 1. The summed E-state index contributed by atoms with van der Waals surface area (Å²) < 4.78 is 0. The van der Waals surface area contributed by atoms with Crippen molar-refractivity contribution >= 4 is 0 Å². The molecule has 0 amide bonds. The van der Waals surface area contributed by atoms with Gasteiger partial charge in [-0.2, -0.15) is 0 Å². The Hall–Kier alpha value is -0.0800. The van der Waals surface area contributed by atoms with Gasteiger partial charge in [0.2, 0.25) is 0 Å². The molecule has 2 saturated heterocycles. The fourth-order valence-electron chi connectivity index (χ4n) is 2.91. The maximum Gasteiger partial charge on any atom is 0.0279 e. The van der Waals surface area contributed by atoms with E-state index in [1.807, 2.05) is 0 Å². The van der Waals surface area contributed by atoms with Crippen LogP contribution in [0, 0.1) is 11.8 Å². The number of fused-ring (bicyclic) bond motifs is 3. The van der Waals surface area contributed by atoms with Gasteiger partial charge in [-0.15, -0.1) is 0 Å². The van der Waals surface area contributed by atoms with Crippen molar-refractivity contribution in [2.75, 3.05) is 13.1 Å². The van der Waals surface area contributed by atoms with Crippen molar-refractivity contribution in [3.05, 3.63) is 0 Å². The highest BCUT2D eigenvalue weighted by Crippen LogP contribution is 2.52. The first-order valence-corrected chi connectivity index (χ1v) is 4.36.